The van der Waals surface area contributed by atoms with Gasteiger partial charge in [0, 0.05) is 19.6 Å². The Kier molecular flexibility index (Phi) is 3.10. The summed E-state index contributed by atoms with van der Waals surface area (Å²) < 4.78 is 9.22. The summed E-state index contributed by atoms with van der Waals surface area (Å²) in [5, 5.41) is 9.42. The van der Waals surface area contributed by atoms with E-state index >= 15 is 0 Å². The topological polar surface area (TPSA) is 0 Å². The van der Waals surface area contributed by atoms with Gasteiger partial charge in [-0.05, 0) is 41.0 Å². The maximum absolute atomic E-state index is 2.33. The number of thiophene rings is 4. The number of hydrogen-bond donors (Lipinski definition) is 0. The molecule has 6 rings (SSSR count). The van der Waals surface area contributed by atoms with Gasteiger partial charge < -0.3 is 0 Å². The highest BCUT2D eigenvalue weighted by molar-refractivity contribution is 7.72. The normalized spacial score (nSPS) is 12.4. The third-order valence-corrected chi connectivity index (χ3v) is 13.3. The van der Waals surface area contributed by atoms with Gasteiger partial charge in [0.15, 0.2) is 0 Å². The minimum absolute atomic E-state index is 0.429. The van der Waals surface area contributed by atoms with E-state index in [9.17, 15) is 0 Å². The van der Waals surface area contributed by atoms with Crippen molar-refractivity contribution in [1.29, 1.82) is 0 Å². The largest absolute Gasteiger partial charge is 0.142 e. The van der Waals surface area contributed by atoms with Gasteiger partial charge in [0.2, 0.25) is 0 Å². The molecule has 5 heterocycles. The van der Waals surface area contributed by atoms with Crippen LogP contribution in [0.15, 0.2) is 41.1 Å². The van der Waals surface area contributed by atoms with E-state index in [0.717, 1.165) is 0 Å². The molecule has 6 aromatic rings. The lowest BCUT2D eigenvalue weighted by Crippen LogP contribution is -1.64. The summed E-state index contributed by atoms with van der Waals surface area (Å²) in [6.45, 7) is 4.51. The second-order valence-electron chi connectivity index (χ2n) is 6.38. The van der Waals surface area contributed by atoms with Crippen LogP contribution in [0.4, 0.5) is 0 Å². The van der Waals surface area contributed by atoms with Gasteiger partial charge in [-0.1, -0.05) is 37.9 Å². The zero-order valence-corrected chi connectivity index (χ0v) is 17.8. The standard InChI is InChI=1S/C20H13PS4/c1-10-8-22-17-13-19(24-15(10)17)20-14(18-16(25-20)11(2)9-23-18)21(13)12-6-4-3-5-7-12/h3-9H,1-2H3. The third-order valence-electron chi connectivity index (χ3n) is 4.77. The van der Waals surface area contributed by atoms with Crippen molar-refractivity contribution in [3.8, 4) is 5.30 Å². The Morgan fingerprint density at radius 2 is 1.16 bits per heavy atom. The summed E-state index contributed by atoms with van der Waals surface area (Å²) >= 11 is 7.94. The highest BCUT2D eigenvalue weighted by atomic mass is 32.1. The van der Waals surface area contributed by atoms with Crippen LogP contribution in [0.2, 0.25) is 0 Å². The Hall–Kier alpha value is -1.16. The molecule has 0 bridgehead atoms. The smallest absolute Gasteiger partial charge is 0.0589 e. The molecule has 0 spiro atoms. The van der Waals surface area contributed by atoms with Crippen molar-refractivity contribution in [3.05, 3.63) is 52.2 Å². The molecule has 0 atom stereocenters. The monoisotopic (exact) mass is 412 g/mol. The van der Waals surface area contributed by atoms with Gasteiger partial charge in [-0.2, -0.15) is 0 Å². The van der Waals surface area contributed by atoms with Gasteiger partial charge >= 0.3 is 0 Å². The van der Waals surface area contributed by atoms with Gasteiger partial charge in [-0.25, -0.2) is 0 Å². The van der Waals surface area contributed by atoms with Gasteiger partial charge in [0.05, 0.1) is 18.8 Å². The van der Waals surface area contributed by atoms with E-state index in [1.165, 1.54) is 35.2 Å². The highest BCUT2D eigenvalue weighted by Crippen LogP contribution is 2.64. The van der Waals surface area contributed by atoms with Crippen molar-refractivity contribution in [3.63, 3.8) is 0 Å². The molecule has 0 radical (unpaired) electrons. The Balaban J connectivity index is 1.94. The molecular weight excluding hydrogens is 399 g/mol. The molecule has 25 heavy (non-hydrogen) atoms. The Labute approximate surface area is 162 Å². The molecule has 5 aromatic heterocycles. The zero-order valence-electron chi connectivity index (χ0n) is 13.6. The molecule has 0 saturated carbocycles. The van der Waals surface area contributed by atoms with Gasteiger partial charge in [-0.3, -0.25) is 0 Å². The quantitative estimate of drug-likeness (QED) is 0.252. The van der Waals surface area contributed by atoms with Crippen molar-refractivity contribution in [1.82, 2.24) is 0 Å². The van der Waals surface area contributed by atoms with Crippen LogP contribution < -0.4 is 0 Å². The summed E-state index contributed by atoms with van der Waals surface area (Å²) in [5.74, 6) is 0. The fraction of sp³-hybridized carbons (Fsp3) is 0.100. The van der Waals surface area contributed by atoms with Gasteiger partial charge in [0.1, 0.15) is 0 Å². The molecule has 1 aromatic carbocycles. The van der Waals surface area contributed by atoms with Gasteiger partial charge in [-0.15, -0.1) is 45.3 Å². The molecule has 0 saturated heterocycles. The highest BCUT2D eigenvalue weighted by Gasteiger charge is 2.24. The first-order valence-corrected chi connectivity index (χ1v) is 12.8. The molecule has 122 valence electrons. The molecule has 0 aliphatic rings. The first-order valence-electron chi connectivity index (χ1n) is 8.11. The van der Waals surface area contributed by atoms with Crippen molar-refractivity contribution in [2.75, 3.05) is 0 Å². The molecule has 0 unspecified atom stereocenters. The lowest BCUT2D eigenvalue weighted by Gasteiger charge is -2.01. The Bertz CT molecular complexity index is 1310. The molecule has 0 fully saturated rings. The molecule has 0 aliphatic carbocycles. The molecule has 0 nitrogen and oxygen atoms in total. The summed E-state index contributed by atoms with van der Waals surface area (Å²) in [7, 11) is -0.429. The van der Waals surface area contributed by atoms with E-state index in [4.69, 9.17) is 0 Å². The maximum Gasteiger partial charge on any atom is 0.0589 e. The van der Waals surface area contributed by atoms with Crippen LogP contribution in [0.25, 0.3) is 43.7 Å². The van der Waals surface area contributed by atoms with E-state index in [0.29, 0.717) is 0 Å². The second-order valence-corrected chi connectivity index (χ2v) is 12.3. The Morgan fingerprint density at radius 3 is 1.68 bits per heavy atom. The lowest BCUT2D eigenvalue weighted by molar-refractivity contribution is 1.62. The minimum atomic E-state index is -0.429. The maximum atomic E-state index is 2.33. The number of aryl methyl sites for hydroxylation is 2. The number of fused-ring (bicyclic) bond motifs is 7. The average Bonchev–Trinajstić information content (AvgIpc) is 3.37. The van der Waals surface area contributed by atoms with Crippen molar-refractivity contribution >= 4 is 91.3 Å². The molecule has 5 heteroatoms. The van der Waals surface area contributed by atoms with Crippen LogP contribution in [-0.2, 0) is 0 Å². The predicted molar refractivity (Wildman–Crippen MR) is 121 cm³/mol. The predicted octanol–water partition coefficient (Wildman–Crippen LogP) is 9.14. The fourth-order valence-corrected chi connectivity index (χ4v) is 13.0. The SMILES string of the molecule is Cc1csc2c1sc1c3sc4c(C)csc4c3p(-c3ccccc3)c21. The first-order chi connectivity index (χ1) is 12.2. The number of rotatable bonds is 1. The minimum Gasteiger partial charge on any atom is -0.142 e. The van der Waals surface area contributed by atoms with Crippen molar-refractivity contribution in [2.24, 2.45) is 0 Å². The summed E-state index contributed by atoms with van der Waals surface area (Å²) in [5.41, 5.74) is 2.89. The van der Waals surface area contributed by atoms with E-state index in [2.05, 4.69) is 54.9 Å². The van der Waals surface area contributed by atoms with Crippen molar-refractivity contribution in [2.45, 2.75) is 13.8 Å². The van der Waals surface area contributed by atoms with E-state index < -0.39 is 7.53 Å². The number of hydrogen-bond acceptors (Lipinski definition) is 4. The zero-order chi connectivity index (χ0) is 16.7. The second kappa shape index (κ2) is 5.18. The van der Waals surface area contributed by atoms with E-state index in [1.54, 1.807) is 19.6 Å². The summed E-state index contributed by atoms with van der Waals surface area (Å²) in [4.78, 5) is 0. The molecule has 0 aliphatic heterocycles. The van der Waals surface area contributed by atoms with Crippen LogP contribution in [-0.4, -0.2) is 0 Å². The van der Waals surface area contributed by atoms with Crippen LogP contribution in [0.3, 0.4) is 0 Å². The summed E-state index contributed by atoms with van der Waals surface area (Å²) in [6.07, 6.45) is 0. The van der Waals surface area contributed by atoms with E-state index in [1.807, 2.05) is 45.3 Å². The van der Waals surface area contributed by atoms with E-state index in [-0.39, 0.29) is 0 Å². The van der Waals surface area contributed by atoms with Crippen LogP contribution in [0, 0.1) is 13.8 Å². The Morgan fingerprint density at radius 1 is 0.640 bits per heavy atom. The number of benzene rings is 1. The van der Waals surface area contributed by atoms with Crippen LogP contribution in [0.1, 0.15) is 11.1 Å². The fourth-order valence-electron chi connectivity index (χ4n) is 3.62. The van der Waals surface area contributed by atoms with Crippen LogP contribution in [0.5, 0.6) is 0 Å². The van der Waals surface area contributed by atoms with Crippen molar-refractivity contribution < 1.29 is 0 Å². The third kappa shape index (κ3) is 1.87. The molecule has 0 amide bonds. The molecular formula is C20H13PS4. The van der Waals surface area contributed by atoms with Gasteiger partial charge in [0.25, 0.3) is 0 Å². The summed E-state index contributed by atoms with van der Waals surface area (Å²) in [6, 6.07) is 11.2. The first kappa shape index (κ1) is 15.0. The molecule has 0 N–H and O–H groups in total. The average molecular weight is 413 g/mol. The lowest BCUT2D eigenvalue weighted by atomic mass is 10.3. The van der Waals surface area contributed by atoms with Crippen LogP contribution >= 0.6 is 52.9 Å².